The Hall–Kier alpha value is -3.93. The van der Waals surface area contributed by atoms with Crippen LogP contribution in [0.2, 0.25) is 0 Å². The first-order chi connectivity index (χ1) is 16.9. The van der Waals surface area contributed by atoms with Gasteiger partial charge in [0.1, 0.15) is 11.5 Å². The van der Waals surface area contributed by atoms with E-state index in [1.807, 2.05) is 66.1 Å². The fourth-order valence-electron chi connectivity index (χ4n) is 4.39. The fraction of sp³-hybridized carbons (Fsp3) is 0.207. The van der Waals surface area contributed by atoms with Gasteiger partial charge in [0.2, 0.25) is 0 Å². The number of rotatable bonds is 9. The average Bonchev–Trinajstić information content (AvgIpc) is 3.12. The topological polar surface area (TPSA) is 57.2 Å². The zero-order valence-electron chi connectivity index (χ0n) is 19.9. The summed E-state index contributed by atoms with van der Waals surface area (Å²) in [5, 5.41) is 0. The van der Waals surface area contributed by atoms with Crippen LogP contribution in [0.15, 0.2) is 72.8 Å². The van der Waals surface area contributed by atoms with Gasteiger partial charge < -0.3 is 15.0 Å². The Kier molecular flexibility index (Phi) is 7.30. The maximum atomic E-state index is 13.9. The SMILES string of the molecule is CCCCc1c(-c2cccc(Oc3ccccc3)c2)c(C(N)=O)c(C)n1Cc1ccc(F)c(F)c1. The lowest BCUT2D eigenvalue weighted by Crippen LogP contribution is -2.13. The number of nitrogens with two attached hydrogens (primary N) is 1. The van der Waals surface area contributed by atoms with E-state index in [-0.39, 0.29) is 0 Å². The van der Waals surface area contributed by atoms with Gasteiger partial charge in [0.15, 0.2) is 11.6 Å². The number of ether oxygens (including phenoxy) is 1. The van der Waals surface area contributed by atoms with Crippen molar-refractivity contribution in [1.29, 1.82) is 0 Å². The highest BCUT2D eigenvalue weighted by Gasteiger charge is 2.25. The van der Waals surface area contributed by atoms with Crippen LogP contribution >= 0.6 is 0 Å². The summed E-state index contributed by atoms with van der Waals surface area (Å²) in [6.07, 6.45) is 2.55. The number of carbonyl (C=O) groups is 1. The molecular formula is C29H28F2N2O2. The van der Waals surface area contributed by atoms with Crippen molar-refractivity contribution in [2.24, 2.45) is 5.73 Å². The number of benzene rings is 3. The molecule has 0 aliphatic rings. The molecule has 0 saturated carbocycles. The van der Waals surface area contributed by atoms with Gasteiger partial charge in [-0.2, -0.15) is 0 Å². The monoisotopic (exact) mass is 474 g/mol. The lowest BCUT2D eigenvalue weighted by atomic mass is 9.97. The van der Waals surface area contributed by atoms with Gasteiger partial charge in [0.05, 0.1) is 5.56 Å². The first-order valence-electron chi connectivity index (χ1n) is 11.7. The minimum atomic E-state index is -0.900. The highest BCUT2D eigenvalue weighted by atomic mass is 19.2. The maximum Gasteiger partial charge on any atom is 0.251 e. The predicted octanol–water partition coefficient (Wildman–Crippen LogP) is 7.02. The minimum absolute atomic E-state index is 0.294. The molecule has 3 aromatic carbocycles. The smallest absolute Gasteiger partial charge is 0.251 e. The third-order valence-corrected chi connectivity index (χ3v) is 6.07. The molecule has 4 nitrogen and oxygen atoms in total. The molecule has 6 heteroatoms. The molecule has 0 saturated heterocycles. The van der Waals surface area contributed by atoms with Crippen molar-refractivity contribution in [3.63, 3.8) is 0 Å². The van der Waals surface area contributed by atoms with Gasteiger partial charge in [-0.3, -0.25) is 4.79 Å². The van der Waals surface area contributed by atoms with Crippen molar-refractivity contribution in [2.75, 3.05) is 0 Å². The van der Waals surface area contributed by atoms with Crippen LogP contribution in [-0.4, -0.2) is 10.5 Å². The number of amides is 1. The van der Waals surface area contributed by atoms with Crippen molar-refractivity contribution in [3.8, 4) is 22.6 Å². The number of primary amides is 1. The molecule has 2 N–H and O–H groups in total. The second-order valence-electron chi connectivity index (χ2n) is 8.53. The molecule has 0 aliphatic heterocycles. The van der Waals surface area contributed by atoms with E-state index in [1.165, 1.54) is 6.07 Å². The molecule has 0 fully saturated rings. The van der Waals surface area contributed by atoms with Gasteiger partial charge in [0.25, 0.3) is 5.91 Å². The lowest BCUT2D eigenvalue weighted by molar-refractivity contribution is 0.1000. The number of unbranched alkanes of at least 4 members (excludes halogenated alkanes) is 1. The van der Waals surface area contributed by atoms with Gasteiger partial charge in [-0.25, -0.2) is 8.78 Å². The third-order valence-electron chi connectivity index (χ3n) is 6.07. The molecule has 35 heavy (non-hydrogen) atoms. The first kappa shape index (κ1) is 24.2. The summed E-state index contributed by atoms with van der Waals surface area (Å²) in [6, 6.07) is 20.9. The van der Waals surface area contributed by atoms with Crippen LogP contribution < -0.4 is 10.5 Å². The largest absolute Gasteiger partial charge is 0.457 e. The van der Waals surface area contributed by atoms with Crippen molar-refractivity contribution in [2.45, 2.75) is 39.7 Å². The molecule has 0 atom stereocenters. The van der Waals surface area contributed by atoms with Crippen LogP contribution in [-0.2, 0) is 13.0 Å². The second kappa shape index (κ2) is 10.6. The minimum Gasteiger partial charge on any atom is -0.457 e. The van der Waals surface area contributed by atoms with Crippen LogP contribution in [0.5, 0.6) is 11.5 Å². The Balaban J connectivity index is 1.84. The molecular weight excluding hydrogens is 446 g/mol. The number of carbonyl (C=O) groups excluding carboxylic acids is 1. The van der Waals surface area contributed by atoms with Gasteiger partial charge >= 0.3 is 0 Å². The third kappa shape index (κ3) is 5.27. The Morgan fingerprint density at radius 2 is 1.69 bits per heavy atom. The Morgan fingerprint density at radius 3 is 2.37 bits per heavy atom. The molecule has 0 spiro atoms. The number of hydrogen-bond donors (Lipinski definition) is 1. The average molecular weight is 475 g/mol. The number of halogens is 2. The van der Waals surface area contributed by atoms with E-state index in [0.29, 0.717) is 41.3 Å². The maximum absolute atomic E-state index is 13.9. The summed E-state index contributed by atoms with van der Waals surface area (Å²) in [4.78, 5) is 12.7. The highest BCUT2D eigenvalue weighted by molar-refractivity contribution is 6.02. The van der Waals surface area contributed by atoms with E-state index >= 15 is 0 Å². The molecule has 1 aromatic heterocycles. The molecule has 0 aliphatic carbocycles. The van der Waals surface area contributed by atoms with Gasteiger partial charge in [-0.15, -0.1) is 0 Å². The molecule has 1 heterocycles. The second-order valence-corrected chi connectivity index (χ2v) is 8.53. The molecule has 0 radical (unpaired) electrons. The summed E-state index contributed by atoms with van der Waals surface area (Å²) < 4.78 is 35.4. The van der Waals surface area contributed by atoms with Crippen LogP contribution in [0.25, 0.3) is 11.1 Å². The van der Waals surface area contributed by atoms with Crippen molar-refractivity contribution >= 4 is 5.91 Å². The fourth-order valence-corrected chi connectivity index (χ4v) is 4.39. The molecule has 4 aromatic rings. The Labute approximate surface area is 204 Å². The van der Waals surface area contributed by atoms with Crippen LogP contribution in [0.3, 0.4) is 0 Å². The van der Waals surface area contributed by atoms with Crippen LogP contribution in [0.1, 0.15) is 47.1 Å². The number of aromatic nitrogens is 1. The summed E-state index contributed by atoms with van der Waals surface area (Å²) in [7, 11) is 0. The Morgan fingerprint density at radius 1 is 0.943 bits per heavy atom. The first-order valence-corrected chi connectivity index (χ1v) is 11.7. The van der Waals surface area contributed by atoms with Crippen molar-refractivity contribution in [1.82, 2.24) is 4.57 Å². The summed E-state index contributed by atoms with van der Waals surface area (Å²) >= 11 is 0. The normalized spacial score (nSPS) is 11.0. The zero-order valence-corrected chi connectivity index (χ0v) is 19.9. The van der Waals surface area contributed by atoms with Crippen LogP contribution in [0.4, 0.5) is 8.78 Å². The molecule has 0 bridgehead atoms. The highest BCUT2D eigenvalue weighted by Crippen LogP contribution is 2.36. The Bertz CT molecular complexity index is 1350. The number of nitrogens with zero attached hydrogens (tertiary/aromatic N) is 1. The van der Waals surface area contributed by atoms with E-state index in [9.17, 15) is 13.6 Å². The van der Waals surface area contributed by atoms with E-state index in [0.717, 1.165) is 35.7 Å². The number of para-hydroxylation sites is 1. The van der Waals surface area contributed by atoms with E-state index < -0.39 is 17.5 Å². The van der Waals surface area contributed by atoms with E-state index in [1.54, 1.807) is 6.07 Å². The molecule has 180 valence electrons. The molecule has 0 unspecified atom stereocenters. The van der Waals surface area contributed by atoms with Gasteiger partial charge in [0, 0.05) is 23.5 Å². The summed E-state index contributed by atoms with van der Waals surface area (Å²) in [5.41, 5.74) is 10.1. The van der Waals surface area contributed by atoms with Crippen molar-refractivity contribution < 1.29 is 18.3 Å². The summed E-state index contributed by atoms with van der Waals surface area (Å²) in [6.45, 7) is 4.23. The zero-order chi connectivity index (χ0) is 24.9. The molecule has 1 amide bonds. The standard InChI is InChI=1S/C29H28F2N2O2/c1-3-4-13-26-28(21-9-8-12-23(17-21)35-22-10-6-5-7-11-22)27(29(32)34)19(2)33(26)18-20-14-15-24(30)25(31)16-20/h5-12,14-17H,3-4,13,18H2,1-2H3,(H2,32,34). The van der Waals surface area contributed by atoms with Gasteiger partial charge in [-0.05, 0) is 67.3 Å². The number of hydrogen-bond acceptors (Lipinski definition) is 2. The molecule has 4 rings (SSSR count). The quantitative estimate of drug-likeness (QED) is 0.283. The van der Waals surface area contributed by atoms with Gasteiger partial charge in [-0.1, -0.05) is 49.7 Å². The lowest BCUT2D eigenvalue weighted by Gasteiger charge is -2.14. The van der Waals surface area contributed by atoms with E-state index in [2.05, 4.69) is 6.92 Å². The van der Waals surface area contributed by atoms with Crippen LogP contribution in [0, 0.1) is 18.6 Å². The predicted molar refractivity (Wildman–Crippen MR) is 134 cm³/mol. The van der Waals surface area contributed by atoms with Crippen molar-refractivity contribution in [3.05, 3.63) is 107 Å². The summed E-state index contributed by atoms with van der Waals surface area (Å²) in [5.74, 6) is -0.982. The van der Waals surface area contributed by atoms with E-state index in [4.69, 9.17) is 10.5 Å².